The van der Waals surface area contributed by atoms with Gasteiger partial charge in [0.05, 0.1) is 5.69 Å². The highest BCUT2D eigenvalue weighted by Gasteiger charge is 2.25. The number of nitrogens with two attached hydrogens (primary N) is 2. The van der Waals surface area contributed by atoms with Gasteiger partial charge in [-0.15, -0.1) is 0 Å². The van der Waals surface area contributed by atoms with Gasteiger partial charge in [-0.2, -0.15) is 0 Å². The molecule has 0 spiro atoms. The maximum atomic E-state index is 6.27. The lowest BCUT2D eigenvalue weighted by Gasteiger charge is -2.10. The van der Waals surface area contributed by atoms with Gasteiger partial charge in [0.15, 0.2) is 0 Å². The summed E-state index contributed by atoms with van der Waals surface area (Å²) in [5.41, 5.74) is 17.8. The summed E-state index contributed by atoms with van der Waals surface area (Å²) in [6.45, 7) is 0. The van der Waals surface area contributed by atoms with Gasteiger partial charge in [0, 0.05) is 16.8 Å². The number of hydrogen-bond acceptors (Lipinski definition) is 3. The first kappa shape index (κ1) is 11.9. The molecule has 4 N–H and O–H groups in total. The van der Waals surface area contributed by atoms with E-state index in [-0.39, 0.29) is 0 Å². The highest BCUT2D eigenvalue weighted by Crippen LogP contribution is 2.51. The predicted molar refractivity (Wildman–Crippen MR) is 86.2 cm³/mol. The van der Waals surface area contributed by atoms with E-state index in [0.717, 1.165) is 39.4 Å². The van der Waals surface area contributed by atoms with Crippen LogP contribution in [0, 0.1) is 0 Å². The zero-order chi connectivity index (χ0) is 14.4. The molecule has 3 aromatic carbocycles. The Morgan fingerprint density at radius 3 is 2.14 bits per heavy atom. The first-order chi connectivity index (χ1) is 10.2. The lowest BCUT2D eigenvalue weighted by Crippen LogP contribution is -1.92. The van der Waals surface area contributed by atoms with Crippen molar-refractivity contribution in [3.8, 4) is 33.8 Å². The lowest BCUT2D eigenvalue weighted by molar-refractivity contribution is 0.485. The van der Waals surface area contributed by atoms with Crippen molar-refractivity contribution in [3.63, 3.8) is 0 Å². The zero-order valence-corrected chi connectivity index (χ0v) is 11.3. The van der Waals surface area contributed by atoms with E-state index < -0.39 is 0 Å². The van der Waals surface area contributed by atoms with Crippen molar-refractivity contribution >= 4 is 11.4 Å². The summed E-state index contributed by atoms with van der Waals surface area (Å²) >= 11 is 0. The number of rotatable bonds is 2. The van der Waals surface area contributed by atoms with Crippen molar-refractivity contribution in [1.82, 2.24) is 0 Å². The summed E-state index contributed by atoms with van der Waals surface area (Å²) in [6, 6.07) is 19.5. The molecular weight excluding hydrogens is 260 g/mol. The van der Waals surface area contributed by atoms with Gasteiger partial charge >= 0.3 is 0 Å². The van der Waals surface area contributed by atoms with Gasteiger partial charge in [-0.3, -0.25) is 0 Å². The molecule has 0 atom stereocenters. The standard InChI is InChI=1S/C18H14N2O/c19-11-5-7-12(8-6-11)21-16-10-9-15-13-3-1-2-4-14(13)17(16)18(15)20/h1-10H,19-20H2. The van der Waals surface area contributed by atoms with Crippen LogP contribution in [0.3, 0.4) is 0 Å². The molecule has 102 valence electrons. The van der Waals surface area contributed by atoms with E-state index in [1.807, 2.05) is 48.5 Å². The van der Waals surface area contributed by atoms with Gasteiger partial charge in [-0.1, -0.05) is 24.3 Å². The second-order valence-corrected chi connectivity index (χ2v) is 5.12. The van der Waals surface area contributed by atoms with Gasteiger partial charge in [-0.05, 0) is 47.5 Å². The number of fused-ring (bicyclic) bond motifs is 5. The Balaban J connectivity index is 1.82. The van der Waals surface area contributed by atoms with Crippen LogP contribution in [0.2, 0.25) is 0 Å². The highest BCUT2D eigenvalue weighted by atomic mass is 16.5. The Bertz CT molecular complexity index is 838. The molecule has 21 heavy (non-hydrogen) atoms. The molecule has 3 nitrogen and oxygen atoms in total. The summed E-state index contributed by atoms with van der Waals surface area (Å²) in [5.74, 6) is 1.52. The van der Waals surface area contributed by atoms with E-state index in [1.54, 1.807) is 0 Å². The minimum absolute atomic E-state index is 0.715. The van der Waals surface area contributed by atoms with Crippen molar-refractivity contribution in [1.29, 1.82) is 0 Å². The minimum Gasteiger partial charge on any atom is -0.457 e. The smallest absolute Gasteiger partial charge is 0.137 e. The maximum absolute atomic E-state index is 6.27. The van der Waals surface area contributed by atoms with E-state index >= 15 is 0 Å². The molecule has 0 heterocycles. The van der Waals surface area contributed by atoms with Gasteiger partial charge < -0.3 is 16.2 Å². The number of ether oxygens (including phenoxy) is 1. The van der Waals surface area contributed by atoms with Crippen LogP contribution >= 0.6 is 0 Å². The van der Waals surface area contributed by atoms with E-state index in [4.69, 9.17) is 16.2 Å². The molecule has 0 amide bonds. The molecule has 0 aliphatic heterocycles. The summed E-state index contributed by atoms with van der Waals surface area (Å²) in [5, 5.41) is 0. The predicted octanol–water partition coefficient (Wildman–Crippen LogP) is 4.29. The third kappa shape index (κ3) is 1.75. The van der Waals surface area contributed by atoms with Crippen LogP contribution in [-0.4, -0.2) is 0 Å². The van der Waals surface area contributed by atoms with E-state index in [9.17, 15) is 0 Å². The van der Waals surface area contributed by atoms with Crippen LogP contribution in [0.25, 0.3) is 22.3 Å². The van der Waals surface area contributed by atoms with Crippen molar-refractivity contribution < 1.29 is 4.74 Å². The monoisotopic (exact) mass is 274 g/mol. The summed E-state index contributed by atoms with van der Waals surface area (Å²) in [6.07, 6.45) is 0. The Morgan fingerprint density at radius 1 is 0.667 bits per heavy atom. The van der Waals surface area contributed by atoms with Crippen molar-refractivity contribution in [3.05, 3.63) is 60.7 Å². The first-order valence-electron chi connectivity index (χ1n) is 6.79. The van der Waals surface area contributed by atoms with Crippen LogP contribution in [0.5, 0.6) is 11.5 Å². The fourth-order valence-electron chi connectivity index (χ4n) is 2.80. The molecule has 0 fully saturated rings. The molecular formula is C18H14N2O. The van der Waals surface area contributed by atoms with Gasteiger partial charge in [0.2, 0.25) is 0 Å². The molecule has 3 aromatic rings. The van der Waals surface area contributed by atoms with Gasteiger partial charge in [-0.25, -0.2) is 0 Å². The summed E-state index contributed by atoms with van der Waals surface area (Å²) < 4.78 is 5.99. The van der Waals surface area contributed by atoms with E-state index in [0.29, 0.717) is 5.69 Å². The minimum atomic E-state index is 0.715. The van der Waals surface area contributed by atoms with Crippen molar-refractivity contribution in [2.45, 2.75) is 0 Å². The van der Waals surface area contributed by atoms with Crippen molar-refractivity contribution in [2.75, 3.05) is 11.5 Å². The number of benzene rings is 3. The molecule has 2 bridgehead atoms. The van der Waals surface area contributed by atoms with E-state index in [1.165, 1.54) is 0 Å². The molecule has 0 saturated heterocycles. The first-order valence-corrected chi connectivity index (χ1v) is 6.79. The fraction of sp³-hybridized carbons (Fsp3) is 0. The summed E-state index contributed by atoms with van der Waals surface area (Å²) in [4.78, 5) is 0. The average Bonchev–Trinajstić information content (AvgIpc) is 2.67. The lowest BCUT2D eigenvalue weighted by atomic mass is 10.1. The number of nitrogen functional groups attached to an aromatic ring is 2. The molecule has 1 aliphatic carbocycles. The topological polar surface area (TPSA) is 61.3 Å². The maximum Gasteiger partial charge on any atom is 0.137 e. The van der Waals surface area contributed by atoms with Crippen LogP contribution in [0.1, 0.15) is 0 Å². The summed E-state index contributed by atoms with van der Waals surface area (Å²) in [7, 11) is 0. The SMILES string of the molecule is Nc1ccc(Oc2ccc3c(N)c2-c2ccccc2-3)cc1. The molecule has 0 unspecified atom stereocenters. The fourth-order valence-corrected chi connectivity index (χ4v) is 2.80. The zero-order valence-electron chi connectivity index (χ0n) is 11.3. The molecule has 4 rings (SSSR count). The second kappa shape index (κ2) is 4.28. The Morgan fingerprint density at radius 2 is 1.38 bits per heavy atom. The number of anilines is 2. The van der Waals surface area contributed by atoms with Crippen LogP contribution in [0.4, 0.5) is 11.4 Å². The average molecular weight is 274 g/mol. The third-order valence-electron chi connectivity index (χ3n) is 3.80. The van der Waals surface area contributed by atoms with Gasteiger partial charge in [0.25, 0.3) is 0 Å². The molecule has 0 saturated carbocycles. The Kier molecular flexibility index (Phi) is 2.42. The quantitative estimate of drug-likeness (QED) is 0.536. The highest BCUT2D eigenvalue weighted by molar-refractivity contribution is 6.05. The largest absolute Gasteiger partial charge is 0.457 e. The van der Waals surface area contributed by atoms with Crippen LogP contribution < -0.4 is 16.2 Å². The molecule has 3 heteroatoms. The van der Waals surface area contributed by atoms with Crippen molar-refractivity contribution in [2.24, 2.45) is 0 Å². The Labute approximate surface area is 122 Å². The second-order valence-electron chi connectivity index (χ2n) is 5.12. The van der Waals surface area contributed by atoms with Crippen LogP contribution in [-0.2, 0) is 0 Å². The van der Waals surface area contributed by atoms with Gasteiger partial charge in [0.1, 0.15) is 11.5 Å². The normalized spacial score (nSPS) is 11.2. The third-order valence-corrected chi connectivity index (χ3v) is 3.80. The molecule has 0 aromatic heterocycles. The van der Waals surface area contributed by atoms with Crippen LogP contribution in [0.15, 0.2) is 60.7 Å². The van der Waals surface area contributed by atoms with E-state index in [2.05, 4.69) is 12.1 Å². The molecule has 0 radical (unpaired) electrons. The Hall–Kier alpha value is -2.94. The molecule has 1 aliphatic rings. The number of hydrogen-bond donors (Lipinski definition) is 2.